The van der Waals surface area contributed by atoms with E-state index in [1.807, 2.05) is 0 Å². The maximum atomic E-state index is 13.0. The van der Waals surface area contributed by atoms with E-state index in [9.17, 15) is 9.50 Å². The van der Waals surface area contributed by atoms with E-state index < -0.39 is 17.5 Å². The van der Waals surface area contributed by atoms with Crippen molar-refractivity contribution in [1.29, 1.82) is 0 Å². The monoisotopic (exact) mass is 217 g/mol. The molecule has 0 saturated heterocycles. The Morgan fingerprint density at radius 1 is 1.50 bits per heavy atom. The number of aliphatic hydroxyl groups is 1. The molecule has 0 radical (unpaired) electrons. The van der Waals surface area contributed by atoms with Crippen LogP contribution >= 0.6 is 11.6 Å². The molecule has 1 rings (SSSR count). The predicted molar refractivity (Wildman–Crippen MR) is 54.6 cm³/mol. The molecule has 1 unspecified atom stereocenters. The van der Waals surface area contributed by atoms with Crippen molar-refractivity contribution in [2.24, 2.45) is 5.73 Å². The number of nitrogens with two attached hydrogens (primary N) is 1. The summed E-state index contributed by atoms with van der Waals surface area (Å²) < 4.78 is 13.0. The molecule has 14 heavy (non-hydrogen) atoms. The van der Waals surface area contributed by atoms with Gasteiger partial charge in [0.2, 0.25) is 0 Å². The topological polar surface area (TPSA) is 46.2 Å². The smallest absolute Gasteiger partial charge is 0.142 e. The summed E-state index contributed by atoms with van der Waals surface area (Å²) in [5.74, 6) is -0.549. The van der Waals surface area contributed by atoms with Crippen molar-refractivity contribution in [3.8, 4) is 0 Å². The molecule has 3 N–H and O–H groups in total. The lowest BCUT2D eigenvalue weighted by molar-refractivity contribution is 0.104. The van der Waals surface area contributed by atoms with Crippen LogP contribution in [0.15, 0.2) is 18.2 Å². The molecule has 0 heterocycles. The zero-order valence-electron chi connectivity index (χ0n) is 8.09. The highest BCUT2D eigenvalue weighted by molar-refractivity contribution is 6.30. The predicted octanol–water partition coefficient (Wildman–Crippen LogP) is 2.25. The fourth-order valence-electron chi connectivity index (χ4n) is 1.11. The van der Waals surface area contributed by atoms with E-state index in [1.165, 1.54) is 12.1 Å². The first-order valence-corrected chi connectivity index (χ1v) is 4.62. The molecule has 0 fully saturated rings. The van der Waals surface area contributed by atoms with Gasteiger partial charge in [0, 0.05) is 5.54 Å². The molecule has 2 nitrogen and oxygen atoms in total. The lowest BCUT2D eigenvalue weighted by atomic mass is 9.92. The summed E-state index contributed by atoms with van der Waals surface area (Å²) in [6.45, 7) is 3.34. The molecule has 0 aliphatic rings. The van der Waals surface area contributed by atoms with Gasteiger partial charge in [0.05, 0.1) is 11.1 Å². The molecular weight excluding hydrogens is 205 g/mol. The standard InChI is InChI=1S/C10H13ClFNO/c1-10(2,13)9(14)6-3-4-7(11)8(12)5-6/h3-5,9,14H,13H2,1-2H3. The van der Waals surface area contributed by atoms with Gasteiger partial charge in [-0.1, -0.05) is 17.7 Å². The Labute approximate surface area is 87.5 Å². The van der Waals surface area contributed by atoms with Gasteiger partial charge in [0.25, 0.3) is 0 Å². The molecule has 0 aromatic heterocycles. The summed E-state index contributed by atoms with van der Waals surface area (Å²) >= 11 is 5.51. The van der Waals surface area contributed by atoms with Gasteiger partial charge in [0.15, 0.2) is 0 Å². The fourth-order valence-corrected chi connectivity index (χ4v) is 1.23. The molecule has 0 amide bonds. The van der Waals surface area contributed by atoms with Gasteiger partial charge in [-0.2, -0.15) is 0 Å². The number of benzene rings is 1. The molecule has 1 atom stereocenters. The van der Waals surface area contributed by atoms with Crippen LogP contribution in [0.2, 0.25) is 5.02 Å². The van der Waals surface area contributed by atoms with Crippen molar-refractivity contribution < 1.29 is 9.50 Å². The van der Waals surface area contributed by atoms with E-state index in [4.69, 9.17) is 17.3 Å². The van der Waals surface area contributed by atoms with E-state index in [0.29, 0.717) is 5.56 Å². The SMILES string of the molecule is CC(C)(N)C(O)c1ccc(Cl)c(F)c1. The largest absolute Gasteiger partial charge is 0.387 e. The highest BCUT2D eigenvalue weighted by atomic mass is 35.5. The molecule has 0 aliphatic heterocycles. The lowest BCUT2D eigenvalue weighted by Crippen LogP contribution is -2.39. The minimum Gasteiger partial charge on any atom is -0.387 e. The Bertz CT molecular complexity index is 335. The second-order valence-corrected chi connectivity index (χ2v) is 4.30. The normalized spacial score (nSPS) is 14.1. The Kier molecular flexibility index (Phi) is 3.14. The van der Waals surface area contributed by atoms with Crippen LogP contribution in [-0.2, 0) is 0 Å². The number of hydrogen-bond acceptors (Lipinski definition) is 2. The van der Waals surface area contributed by atoms with Crippen molar-refractivity contribution >= 4 is 11.6 Å². The number of hydrogen-bond donors (Lipinski definition) is 2. The summed E-state index contributed by atoms with van der Waals surface area (Å²) in [6, 6.07) is 4.16. The number of aliphatic hydroxyl groups excluding tert-OH is 1. The van der Waals surface area contributed by atoms with Crippen molar-refractivity contribution in [1.82, 2.24) is 0 Å². The zero-order chi connectivity index (χ0) is 10.9. The van der Waals surface area contributed by atoms with Crippen LogP contribution < -0.4 is 5.73 Å². The molecule has 0 spiro atoms. The summed E-state index contributed by atoms with van der Waals surface area (Å²) in [4.78, 5) is 0. The van der Waals surface area contributed by atoms with E-state index in [2.05, 4.69) is 0 Å². The first-order chi connectivity index (χ1) is 6.32. The van der Waals surface area contributed by atoms with Gasteiger partial charge < -0.3 is 10.8 Å². The van der Waals surface area contributed by atoms with Gasteiger partial charge in [-0.25, -0.2) is 4.39 Å². The Morgan fingerprint density at radius 2 is 2.07 bits per heavy atom. The van der Waals surface area contributed by atoms with Gasteiger partial charge in [0.1, 0.15) is 5.82 Å². The minimum absolute atomic E-state index is 0.0378. The Morgan fingerprint density at radius 3 is 2.50 bits per heavy atom. The van der Waals surface area contributed by atoms with Crippen LogP contribution in [0, 0.1) is 5.82 Å². The first kappa shape index (κ1) is 11.4. The van der Waals surface area contributed by atoms with Gasteiger partial charge in [-0.05, 0) is 31.5 Å². The molecule has 1 aromatic carbocycles. The Balaban J connectivity index is 3.03. The Hall–Kier alpha value is -0.640. The number of rotatable bonds is 2. The summed E-state index contributed by atoms with van der Waals surface area (Å²) in [5, 5.41) is 9.78. The minimum atomic E-state index is -0.908. The van der Waals surface area contributed by atoms with Crippen LogP contribution in [-0.4, -0.2) is 10.6 Å². The zero-order valence-corrected chi connectivity index (χ0v) is 8.85. The average molecular weight is 218 g/mol. The van der Waals surface area contributed by atoms with Crippen LogP contribution in [0.1, 0.15) is 25.5 Å². The van der Waals surface area contributed by atoms with Crippen LogP contribution in [0.5, 0.6) is 0 Å². The summed E-state index contributed by atoms with van der Waals surface area (Å²) in [5.41, 5.74) is 5.32. The second kappa shape index (κ2) is 3.85. The van der Waals surface area contributed by atoms with Crippen molar-refractivity contribution in [3.05, 3.63) is 34.6 Å². The van der Waals surface area contributed by atoms with Crippen molar-refractivity contribution in [2.45, 2.75) is 25.5 Å². The van der Waals surface area contributed by atoms with E-state index in [1.54, 1.807) is 19.9 Å². The maximum Gasteiger partial charge on any atom is 0.142 e. The summed E-state index contributed by atoms with van der Waals surface area (Å²) in [6.07, 6.45) is -0.908. The maximum absolute atomic E-state index is 13.0. The van der Waals surface area contributed by atoms with E-state index >= 15 is 0 Å². The third-order valence-electron chi connectivity index (χ3n) is 1.96. The number of halogens is 2. The first-order valence-electron chi connectivity index (χ1n) is 4.24. The van der Waals surface area contributed by atoms with E-state index in [0.717, 1.165) is 0 Å². The van der Waals surface area contributed by atoms with Crippen LogP contribution in [0.4, 0.5) is 4.39 Å². The van der Waals surface area contributed by atoms with Crippen LogP contribution in [0.3, 0.4) is 0 Å². The van der Waals surface area contributed by atoms with Crippen molar-refractivity contribution in [3.63, 3.8) is 0 Å². The summed E-state index contributed by atoms with van der Waals surface area (Å²) in [7, 11) is 0. The highest BCUT2D eigenvalue weighted by Crippen LogP contribution is 2.26. The van der Waals surface area contributed by atoms with Gasteiger partial charge >= 0.3 is 0 Å². The molecule has 4 heteroatoms. The van der Waals surface area contributed by atoms with Crippen LogP contribution in [0.25, 0.3) is 0 Å². The highest BCUT2D eigenvalue weighted by Gasteiger charge is 2.24. The van der Waals surface area contributed by atoms with Crippen molar-refractivity contribution in [2.75, 3.05) is 0 Å². The third kappa shape index (κ3) is 2.44. The molecular formula is C10H13ClFNO. The quantitative estimate of drug-likeness (QED) is 0.798. The fraction of sp³-hybridized carbons (Fsp3) is 0.400. The molecule has 0 saturated carbocycles. The molecule has 1 aromatic rings. The van der Waals surface area contributed by atoms with E-state index in [-0.39, 0.29) is 5.02 Å². The molecule has 78 valence electrons. The third-order valence-corrected chi connectivity index (χ3v) is 2.27. The second-order valence-electron chi connectivity index (χ2n) is 3.90. The molecule has 0 bridgehead atoms. The average Bonchev–Trinajstić information content (AvgIpc) is 2.07. The molecule has 0 aliphatic carbocycles. The lowest BCUT2D eigenvalue weighted by Gasteiger charge is -2.26. The van der Waals surface area contributed by atoms with Gasteiger partial charge in [-0.3, -0.25) is 0 Å². The van der Waals surface area contributed by atoms with Gasteiger partial charge in [-0.15, -0.1) is 0 Å².